The summed E-state index contributed by atoms with van der Waals surface area (Å²) < 4.78 is 5.37. The van der Waals surface area contributed by atoms with Crippen molar-refractivity contribution in [3.63, 3.8) is 0 Å². The number of allylic oxidation sites excluding steroid dienone is 5. The molecule has 1 saturated carbocycles. The van der Waals surface area contributed by atoms with Gasteiger partial charge in [0, 0.05) is 7.11 Å². The average Bonchev–Trinajstić information content (AvgIpc) is 3.50. The van der Waals surface area contributed by atoms with Crippen LogP contribution in [-0.2, 0) is 9.53 Å². The molecular formula is C23H34O5. The van der Waals surface area contributed by atoms with Gasteiger partial charge in [-0.15, -0.1) is 0 Å². The van der Waals surface area contributed by atoms with Crippen molar-refractivity contribution >= 4 is 6.29 Å². The lowest BCUT2D eigenvalue weighted by Gasteiger charge is -2.32. The molecular weight excluding hydrogens is 356 g/mol. The molecule has 1 fully saturated rings. The summed E-state index contributed by atoms with van der Waals surface area (Å²) in [5, 5.41) is 30.0. The molecule has 1 rings (SSSR count). The zero-order valence-corrected chi connectivity index (χ0v) is 16.9. The third-order valence-corrected chi connectivity index (χ3v) is 4.88. The summed E-state index contributed by atoms with van der Waals surface area (Å²) in [5.41, 5.74) is -1.05. The lowest BCUT2D eigenvalue weighted by molar-refractivity contribution is -0.104. The van der Waals surface area contributed by atoms with Gasteiger partial charge >= 0.3 is 0 Å². The third kappa shape index (κ3) is 9.95. The molecule has 156 valence electrons. The van der Waals surface area contributed by atoms with Crippen LogP contribution in [0.15, 0.2) is 60.8 Å². The number of ether oxygens (including phenoxy) is 1. The largest absolute Gasteiger partial charge is 0.392 e. The Morgan fingerprint density at radius 2 is 1.82 bits per heavy atom. The summed E-state index contributed by atoms with van der Waals surface area (Å²) in [6.45, 7) is 1.77. The van der Waals surface area contributed by atoms with E-state index in [2.05, 4.69) is 0 Å². The van der Waals surface area contributed by atoms with Crippen LogP contribution in [0.4, 0.5) is 0 Å². The fourth-order valence-corrected chi connectivity index (χ4v) is 3.15. The first-order chi connectivity index (χ1) is 13.4. The Kier molecular flexibility index (Phi) is 11.6. The summed E-state index contributed by atoms with van der Waals surface area (Å²) in [5.74, 6) is 0.353. The fourth-order valence-electron chi connectivity index (χ4n) is 3.15. The standard InChI is InChI=1S/C23H34O5/c1-23(27,15-14-21(28-2)11-7-9-17-25)22(19-12-13-19)18-20(26)10-6-4-3-5-8-16-24/h3-10,14-15,17,19-22,24,26-27H,11-13,16,18H2,1-2H3/b4-3+,8-5+,9-7-,10-6+,15-14+. The number of carbonyl (C=O) groups is 1. The van der Waals surface area contributed by atoms with Gasteiger partial charge in [-0.1, -0.05) is 54.7 Å². The number of aldehydes is 1. The summed E-state index contributed by atoms with van der Waals surface area (Å²) in [6.07, 6.45) is 20.1. The molecule has 1 aliphatic carbocycles. The smallest absolute Gasteiger partial charge is 0.142 e. The Morgan fingerprint density at radius 1 is 1.11 bits per heavy atom. The lowest BCUT2D eigenvalue weighted by atomic mass is 9.80. The minimum atomic E-state index is -1.05. The van der Waals surface area contributed by atoms with Gasteiger partial charge < -0.3 is 20.1 Å². The molecule has 0 spiro atoms. The molecule has 0 aromatic carbocycles. The predicted molar refractivity (Wildman–Crippen MR) is 112 cm³/mol. The molecule has 1 aliphatic rings. The summed E-state index contributed by atoms with van der Waals surface area (Å²) in [7, 11) is 1.59. The molecule has 4 unspecified atom stereocenters. The van der Waals surface area contributed by atoms with Gasteiger partial charge in [-0.05, 0) is 50.5 Å². The molecule has 0 amide bonds. The van der Waals surface area contributed by atoms with Crippen LogP contribution in [0.5, 0.6) is 0 Å². The van der Waals surface area contributed by atoms with Crippen molar-refractivity contribution in [1.29, 1.82) is 0 Å². The van der Waals surface area contributed by atoms with E-state index >= 15 is 0 Å². The van der Waals surface area contributed by atoms with E-state index in [0.29, 0.717) is 18.8 Å². The van der Waals surface area contributed by atoms with Gasteiger partial charge in [0.2, 0.25) is 0 Å². The number of methoxy groups -OCH3 is 1. The molecule has 0 radical (unpaired) electrons. The molecule has 0 saturated heterocycles. The Balaban J connectivity index is 2.69. The number of hydrogen-bond donors (Lipinski definition) is 3. The van der Waals surface area contributed by atoms with Crippen molar-refractivity contribution in [1.82, 2.24) is 0 Å². The quantitative estimate of drug-likeness (QED) is 0.184. The average molecular weight is 391 g/mol. The zero-order chi connectivity index (χ0) is 20.8. The van der Waals surface area contributed by atoms with E-state index in [1.165, 1.54) is 6.08 Å². The van der Waals surface area contributed by atoms with Crippen LogP contribution in [-0.4, -0.2) is 53.1 Å². The highest BCUT2D eigenvalue weighted by atomic mass is 16.5. The minimum absolute atomic E-state index is 0.000346. The predicted octanol–water partition coefficient (Wildman–Crippen LogP) is 2.89. The highest BCUT2D eigenvalue weighted by Crippen LogP contribution is 2.45. The van der Waals surface area contributed by atoms with E-state index in [-0.39, 0.29) is 18.6 Å². The number of carbonyl (C=O) groups excluding carboxylic acids is 1. The first-order valence-corrected chi connectivity index (χ1v) is 9.78. The summed E-state index contributed by atoms with van der Waals surface area (Å²) >= 11 is 0. The van der Waals surface area contributed by atoms with Gasteiger partial charge in [-0.2, -0.15) is 0 Å². The van der Waals surface area contributed by atoms with Crippen molar-refractivity contribution in [2.24, 2.45) is 11.8 Å². The summed E-state index contributed by atoms with van der Waals surface area (Å²) in [4.78, 5) is 10.4. The highest BCUT2D eigenvalue weighted by molar-refractivity contribution is 5.64. The summed E-state index contributed by atoms with van der Waals surface area (Å²) in [6, 6.07) is 0. The Morgan fingerprint density at radius 3 is 2.43 bits per heavy atom. The Bertz CT molecular complexity index is 582. The van der Waals surface area contributed by atoms with Crippen LogP contribution < -0.4 is 0 Å². The van der Waals surface area contributed by atoms with Crippen LogP contribution in [0, 0.1) is 11.8 Å². The van der Waals surface area contributed by atoms with Gasteiger partial charge in [0.25, 0.3) is 0 Å². The maximum absolute atomic E-state index is 11.0. The third-order valence-electron chi connectivity index (χ3n) is 4.88. The van der Waals surface area contributed by atoms with Crippen LogP contribution >= 0.6 is 0 Å². The SMILES string of the molecule is COC(/C=C/C(C)(O)C(CC(O)/C=C/C=C/C=C/CO)C1CC1)C/C=C\C=O. The molecule has 0 bridgehead atoms. The van der Waals surface area contributed by atoms with Gasteiger partial charge in [0.15, 0.2) is 0 Å². The second-order valence-electron chi connectivity index (χ2n) is 7.29. The molecule has 3 N–H and O–H groups in total. The van der Waals surface area contributed by atoms with Crippen LogP contribution in [0.2, 0.25) is 0 Å². The van der Waals surface area contributed by atoms with Crippen LogP contribution in [0.3, 0.4) is 0 Å². The van der Waals surface area contributed by atoms with E-state index in [1.807, 2.05) is 6.08 Å². The molecule has 0 aromatic rings. The molecule has 4 atom stereocenters. The van der Waals surface area contributed by atoms with Gasteiger partial charge in [0.1, 0.15) is 6.29 Å². The van der Waals surface area contributed by atoms with E-state index in [9.17, 15) is 15.0 Å². The normalized spacial score (nSPS) is 21.2. The van der Waals surface area contributed by atoms with Crippen molar-refractivity contribution in [2.45, 2.75) is 50.4 Å². The molecule has 0 aliphatic heterocycles. The lowest BCUT2D eigenvalue weighted by Crippen LogP contribution is -2.36. The van der Waals surface area contributed by atoms with Crippen molar-refractivity contribution in [3.05, 3.63) is 60.8 Å². The number of hydrogen-bond acceptors (Lipinski definition) is 5. The Labute approximate surface area is 168 Å². The van der Waals surface area contributed by atoms with E-state index in [4.69, 9.17) is 9.84 Å². The number of aliphatic hydroxyl groups is 3. The maximum atomic E-state index is 11.0. The topological polar surface area (TPSA) is 87.0 Å². The molecule has 0 heterocycles. The first-order valence-electron chi connectivity index (χ1n) is 9.78. The fraction of sp³-hybridized carbons (Fsp3) is 0.522. The van der Waals surface area contributed by atoms with Crippen molar-refractivity contribution < 1.29 is 24.9 Å². The highest BCUT2D eigenvalue weighted by Gasteiger charge is 2.42. The first kappa shape index (κ1) is 24.2. The maximum Gasteiger partial charge on any atom is 0.142 e. The number of rotatable bonds is 14. The molecule has 0 aromatic heterocycles. The molecule has 5 heteroatoms. The van der Waals surface area contributed by atoms with Crippen LogP contribution in [0.25, 0.3) is 0 Å². The van der Waals surface area contributed by atoms with Crippen molar-refractivity contribution in [3.8, 4) is 0 Å². The van der Waals surface area contributed by atoms with Gasteiger partial charge in [-0.3, -0.25) is 4.79 Å². The number of aliphatic hydroxyl groups excluding tert-OH is 2. The van der Waals surface area contributed by atoms with Crippen LogP contribution in [0.1, 0.15) is 32.6 Å². The minimum Gasteiger partial charge on any atom is -0.392 e. The van der Waals surface area contributed by atoms with E-state index in [0.717, 1.165) is 19.1 Å². The van der Waals surface area contributed by atoms with E-state index < -0.39 is 11.7 Å². The van der Waals surface area contributed by atoms with E-state index in [1.54, 1.807) is 62.6 Å². The monoisotopic (exact) mass is 390 g/mol. The molecule has 28 heavy (non-hydrogen) atoms. The zero-order valence-electron chi connectivity index (χ0n) is 16.9. The molecule has 5 nitrogen and oxygen atoms in total. The second-order valence-corrected chi connectivity index (χ2v) is 7.29. The van der Waals surface area contributed by atoms with Gasteiger partial charge in [0.05, 0.1) is 24.4 Å². The Hall–Kier alpha value is -1.79. The van der Waals surface area contributed by atoms with Gasteiger partial charge in [-0.25, -0.2) is 0 Å². The van der Waals surface area contributed by atoms with Crippen molar-refractivity contribution in [2.75, 3.05) is 13.7 Å². The second kappa shape index (κ2) is 13.4.